The highest BCUT2D eigenvalue weighted by molar-refractivity contribution is 6.10. The summed E-state index contributed by atoms with van der Waals surface area (Å²) < 4.78 is 1.56. The molecule has 5 heteroatoms. The van der Waals surface area contributed by atoms with Crippen LogP contribution in [-0.4, -0.2) is 21.6 Å². The van der Waals surface area contributed by atoms with Crippen LogP contribution >= 0.6 is 0 Å². The lowest BCUT2D eigenvalue weighted by Gasteiger charge is -2.03. The zero-order chi connectivity index (χ0) is 12.6. The highest BCUT2D eigenvalue weighted by Crippen LogP contribution is 2.30. The first-order valence-electron chi connectivity index (χ1n) is 5.10. The van der Waals surface area contributed by atoms with Gasteiger partial charge in [0, 0.05) is 19.4 Å². The Morgan fingerprint density at radius 1 is 1.29 bits per heavy atom. The Hall–Kier alpha value is -2.30. The van der Waals surface area contributed by atoms with Crippen molar-refractivity contribution in [3.63, 3.8) is 0 Å². The highest BCUT2D eigenvalue weighted by atomic mass is 16.4. The maximum Gasteiger partial charge on any atom is 0.354 e. The fourth-order valence-corrected chi connectivity index (χ4v) is 1.95. The Morgan fingerprint density at radius 3 is 2.53 bits per heavy atom. The monoisotopic (exact) mass is 232 g/mol. The van der Waals surface area contributed by atoms with E-state index in [0.29, 0.717) is 5.69 Å². The lowest BCUT2D eigenvalue weighted by Crippen LogP contribution is -2.12. The summed E-state index contributed by atoms with van der Waals surface area (Å²) in [5, 5.41) is 12.5. The van der Waals surface area contributed by atoms with Crippen LogP contribution in [0.4, 0.5) is 5.69 Å². The quantitative estimate of drug-likeness (QED) is 0.829. The van der Waals surface area contributed by atoms with Gasteiger partial charge in [0.1, 0.15) is 0 Å². The molecule has 0 aliphatic carbocycles. The molecule has 1 heterocycles. The van der Waals surface area contributed by atoms with Crippen LogP contribution in [0, 0.1) is 0 Å². The van der Waals surface area contributed by atoms with E-state index < -0.39 is 5.97 Å². The van der Waals surface area contributed by atoms with Crippen molar-refractivity contribution in [3.05, 3.63) is 30.0 Å². The second-order valence-corrected chi connectivity index (χ2v) is 3.79. The smallest absolute Gasteiger partial charge is 0.354 e. The average molecular weight is 232 g/mol. The van der Waals surface area contributed by atoms with E-state index in [9.17, 15) is 14.7 Å². The minimum atomic E-state index is -1.06. The van der Waals surface area contributed by atoms with Crippen LogP contribution in [0.15, 0.2) is 24.3 Å². The molecule has 0 aliphatic rings. The highest BCUT2D eigenvalue weighted by Gasteiger charge is 2.20. The van der Waals surface area contributed by atoms with Crippen LogP contribution in [0.3, 0.4) is 0 Å². The molecule has 0 unspecified atom stereocenters. The molecule has 0 saturated heterocycles. The number of anilines is 1. The van der Waals surface area contributed by atoms with Gasteiger partial charge in [-0.05, 0) is 6.07 Å². The van der Waals surface area contributed by atoms with Gasteiger partial charge in [0.2, 0.25) is 5.91 Å². The number of carboxylic acids is 1. The number of para-hydroxylation sites is 1. The van der Waals surface area contributed by atoms with Crippen molar-refractivity contribution in [2.45, 2.75) is 6.92 Å². The van der Waals surface area contributed by atoms with E-state index in [1.165, 1.54) is 6.92 Å². The fraction of sp³-hybridized carbons (Fsp3) is 0.167. The standard InChI is InChI=1S/C12H12N2O3/c1-7(15)13-10-8-5-3-4-6-9(8)14(2)11(10)12(16)17/h3-6H,1-2H3,(H,13,15)(H,16,17). The topological polar surface area (TPSA) is 71.3 Å². The Balaban J connectivity index is 2.80. The Labute approximate surface area is 97.7 Å². The Bertz CT molecular complexity index is 613. The summed E-state index contributed by atoms with van der Waals surface area (Å²) in [6.45, 7) is 1.35. The summed E-state index contributed by atoms with van der Waals surface area (Å²) in [5.74, 6) is -1.35. The number of fused-ring (bicyclic) bond motifs is 1. The van der Waals surface area contributed by atoms with Gasteiger partial charge in [-0.3, -0.25) is 4.79 Å². The SMILES string of the molecule is CC(=O)Nc1c(C(=O)O)n(C)c2ccccc12. The van der Waals surface area contributed by atoms with Crippen molar-refractivity contribution in [2.75, 3.05) is 5.32 Å². The van der Waals surface area contributed by atoms with E-state index in [1.54, 1.807) is 23.7 Å². The van der Waals surface area contributed by atoms with E-state index >= 15 is 0 Å². The van der Waals surface area contributed by atoms with Crippen molar-refractivity contribution < 1.29 is 14.7 Å². The van der Waals surface area contributed by atoms with Gasteiger partial charge in [0.05, 0.1) is 11.2 Å². The van der Waals surface area contributed by atoms with Crippen molar-refractivity contribution in [2.24, 2.45) is 7.05 Å². The largest absolute Gasteiger partial charge is 0.477 e. The molecule has 2 rings (SSSR count). The van der Waals surface area contributed by atoms with Crippen molar-refractivity contribution in [3.8, 4) is 0 Å². The molecule has 0 fully saturated rings. The first kappa shape index (κ1) is 11.2. The number of carbonyl (C=O) groups is 2. The molecule has 88 valence electrons. The maximum atomic E-state index is 11.2. The molecule has 2 aromatic rings. The first-order valence-corrected chi connectivity index (χ1v) is 5.10. The molecule has 1 aromatic heterocycles. The summed E-state index contributed by atoms with van der Waals surface area (Å²) in [5.41, 5.74) is 1.21. The number of aryl methyl sites for hydroxylation is 1. The number of amides is 1. The molecule has 2 N–H and O–H groups in total. The molecule has 0 aliphatic heterocycles. The molecule has 0 atom stereocenters. The van der Waals surface area contributed by atoms with Crippen LogP contribution in [-0.2, 0) is 11.8 Å². The van der Waals surface area contributed by atoms with Crippen LogP contribution in [0.1, 0.15) is 17.4 Å². The van der Waals surface area contributed by atoms with Gasteiger partial charge in [0.15, 0.2) is 5.69 Å². The zero-order valence-corrected chi connectivity index (χ0v) is 9.52. The Kier molecular flexibility index (Phi) is 2.59. The number of nitrogens with one attached hydrogen (secondary N) is 1. The number of carboxylic acid groups (broad SMARTS) is 1. The van der Waals surface area contributed by atoms with Gasteiger partial charge in [-0.15, -0.1) is 0 Å². The van der Waals surface area contributed by atoms with E-state index in [0.717, 1.165) is 10.9 Å². The molecule has 1 amide bonds. The number of rotatable bonds is 2. The number of aromatic nitrogens is 1. The van der Waals surface area contributed by atoms with Crippen LogP contribution in [0.2, 0.25) is 0 Å². The fourth-order valence-electron chi connectivity index (χ4n) is 1.95. The van der Waals surface area contributed by atoms with Gasteiger partial charge in [-0.2, -0.15) is 0 Å². The van der Waals surface area contributed by atoms with Gasteiger partial charge >= 0.3 is 5.97 Å². The maximum absolute atomic E-state index is 11.2. The summed E-state index contributed by atoms with van der Waals surface area (Å²) in [6, 6.07) is 7.23. The molecule has 0 spiro atoms. The van der Waals surface area contributed by atoms with Crippen LogP contribution < -0.4 is 5.32 Å². The van der Waals surface area contributed by atoms with Crippen molar-refractivity contribution in [1.29, 1.82) is 0 Å². The molecular formula is C12H12N2O3. The minimum Gasteiger partial charge on any atom is -0.477 e. The molecule has 0 radical (unpaired) electrons. The predicted octanol–water partition coefficient (Wildman–Crippen LogP) is 1.83. The predicted molar refractivity (Wildman–Crippen MR) is 64.2 cm³/mol. The molecule has 1 aromatic carbocycles. The summed E-state index contributed by atoms with van der Waals surface area (Å²) >= 11 is 0. The van der Waals surface area contributed by atoms with E-state index in [2.05, 4.69) is 5.32 Å². The van der Waals surface area contributed by atoms with Gasteiger partial charge in [0.25, 0.3) is 0 Å². The number of benzene rings is 1. The summed E-state index contributed by atoms with van der Waals surface area (Å²) in [6.07, 6.45) is 0. The lowest BCUT2D eigenvalue weighted by atomic mass is 10.2. The number of aromatic carboxylic acids is 1. The second-order valence-electron chi connectivity index (χ2n) is 3.79. The number of hydrogen-bond acceptors (Lipinski definition) is 2. The molecular weight excluding hydrogens is 220 g/mol. The number of hydrogen-bond donors (Lipinski definition) is 2. The molecule has 5 nitrogen and oxygen atoms in total. The first-order chi connectivity index (χ1) is 8.02. The van der Waals surface area contributed by atoms with Gasteiger partial charge in [-0.1, -0.05) is 18.2 Å². The van der Waals surface area contributed by atoms with Gasteiger partial charge in [-0.25, -0.2) is 4.79 Å². The van der Waals surface area contributed by atoms with Crippen LogP contribution in [0.25, 0.3) is 10.9 Å². The van der Waals surface area contributed by atoms with Crippen molar-refractivity contribution >= 4 is 28.5 Å². The number of nitrogens with zero attached hydrogens (tertiary/aromatic N) is 1. The van der Waals surface area contributed by atoms with E-state index in [4.69, 9.17) is 0 Å². The third-order valence-electron chi connectivity index (χ3n) is 2.61. The van der Waals surface area contributed by atoms with E-state index in [1.807, 2.05) is 12.1 Å². The van der Waals surface area contributed by atoms with E-state index in [-0.39, 0.29) is 11.6 Å². The normalized spacial score (nSPS) is 10.5. The third kappa shape index (κ3) is 1.75. The molecule has 17 heavy (non-hydrogen) atoms. The molecule has 0 bridgehead atoms. The second kappa shape index (κ2) is 3.93. The average Bonchev–Trinajstić information content (AvgIpc) is 2.52. The zero-order valence-electron chi connectivity index (χ0n) is 9.52. The molecule has 0 saturated carbocycles. The van der Waals surface area contributed by atoms with Gasteiger partial charge < -0.3 is 15.0 Å². The Morgan fingerprint density at radius 2 is 1.94 bits per heavy atom. The lowest BCUT2D eigenvalue weighted by molar-refractivity contribution is -0.114. The number of carbonyl (C=O) groups excluding carboxylic acids is 1. The van der Waals surface area contributed by atoms with Crippen LogP contribution in [0.5, 0.6) is 0 Å². The third-order valence-corrected chi connectivity index (χ3v) is 2.61. The summed E-state index contributed by atoms with van der Waals surface area (Å²) in [7, 11) is 1.66. The minimum absolute atomic E-state index is 0.0846. The summed E-state index contributed by atoms with van der Waals surface area (Å²) in [4.78, 5) is 22.3. The van der Waals surface area contributed by atoms with Crippen molar-refractivity contribution in [1.82, 2.24) is 4.57 Å².